The average molecular weight is 454 g/mol. The summed E-state index contributed by atoms with van der Waals surface area (Å²) in [5.74, 6) is 0.569. The number of amides is 1. The fraction of sp³-hybridized carbons (Fsp3) is 0.172. The third-order valence-electron chi connectivity index (χ3n) is 5.28. The van der Waals surface area contributed by atoms with Gasteiger partial charge in [0.2, 0.25) is 0 Å². The number of esters is 1. The molecule has 0 bridgehead atoms. The van der Waals surface area contributed by atoms with E-state index in [9.17, 15) is 9.59 Å². The lowest BCUT2D eigenvalue weighted by molar-refractivity contribution is -0.143. The zero-order chi connectivity index (χ0) is 24.1. The first-order valence-electron chi connectivity index (χ1n) is 11.2. The minimum absolute atomic E-state index is 0.323. The molecule has 0 fully saturated rings. The van der Waals surface area contributed by atoms with Crippen molar-refractivity contribution in [3.8, 4) is 11.5 Å². The molecule has 0 aromatic heterocycles. The Morgan fingerprint density at radius 1 is 0.853 bits per heavy atom. The molecule has 0 saturated heterocycles. The third kappa shape index (κ3) is 5.44. The molecular formula is C29H27NO4. The van der Waals surface area contributed by atoms with Crippen LogP contribution in [0.15, 0.2) is 91.0 Å². The summed E-state index contributed by atoms with van der Waals surface area (Å²) in [5, 5.41) is 0. The quantitative estimate of drug-likeness (QED) is 0.324. The largest absolute Gasteiger partial charge is 0.426 e. The Bertz CT molecular complexity index is 1220. The van der Waals surface area contributed by atoms with Crippen LogP contribution in [-0.2, 0) is 4.79 Å². The van der Waals surface area contributed by atoms with Gasteiger partial charge < -0.3 is 9.47 Å². The zero-order valence-corrected chi connectivity index (χ0v) is 19.5. The molecule has 0 aliphatic carbocycles. The molecule has 1 aliphatic rings. The number of hydrogen-bond acceptors (Lipinski definition) is 4. The van der Waals surface area contributed by atoms with Crippen LogP contribution in [0, 0.1) is 5.41 Å². The Hall–Kier alpha value is -4.12. The topological polar surface area (TPSA) is 55.8 Å². The number of hydrogen-bond donors (Lipinski definition) is 0. The monoisotopic (exact) mass is 453 g/mol. The lowest BCUT2D eigenvalue weighted by Gasteiger charge is -2.31. The molecule has 5 heteroatoms. The fourth-order valence-electron chi connectivity index (χ4n) is 3.44. The van der Waals surface area contributed by atoms with Crippen LogP contribution in [0.1, 0.15) is 31.9 Å². The summed E-state index contributed by atoms with van der Waals surface area (Å²) in [6.07, 6.45) is 7.27. The predicted octanol–water partition coefficient (Wildman–Crippen LogP) is 6.75. The van der Waals surface area contributed by atoms with Crippen LogP contribution in [0.5, 0.6) is 11.5 Å². The molecule has 4 rings (SSSR count). The second kappa shape index (κ2) is 9.79. The molecule has 172 valence electrons. The van der Waals surface area contributed by atoms with Gasteiger partial charge in [-0.25, -0.2) is 4.79 Å². The van der Waals surface area contributed by atoms with Crippen molar-refractivity contribution in [3.05, 3.63) is 102 Å². The van der Waals surface area contributed by atoms with Crippen LogP contribution in [0.2, 0.25) is 0 Å². The highest BCUT2D eigenvalue weighted by Crippen LogP contribution is 2.34. The summed E-state index contributed by atoms with van der Waals surface area (Å²) in [4.78, 5) is 27.2. The van der Waals surface area contributed by atoms with E-state index in [4.69, 9.17) is 9.47 Å². The van der Waals surface area contributed by atoms with Gasteiger partial charge in [0.15, 0.2) is 0 Å². The lowest BCUT2D eigenvalue weighted by Crippen LogP contribution is -2.42. The molecule has 3 aromatic carbocycles. The summed E-state index contributed by atoms with van der Waals surface area (Å²) < 4.78 is 11.2. The van der Waals surface area contributed by atoms with Crippen molar-refractivity contribution in [2.45, 2.75) is 26.8 Å². The zero-order valence-electron chi connectivity index (χ0n) is 19.5. The number of rotatable bonds is 4. The van der Waals surface area contributed by atoms with Gasteiger partial charge in [-0.3, -0.25) is 9.69 Å². The maximum absolute atomic E-state index is 13.3. The van der Waals surface area contributed by atoms with Crippen molar-refractivity contribution < 1.29 is 19.1 Å². The molecule has 0 radical (unpaired) electrons. The van der Waals surface area contributed by atoms with Crippen molar-refractivity contribution >= 4 is 29.9 Å². The summed E-state index contributed by atoms with van der Waals surface area (Å²) >= 11 is 0. The molecule has 3 aromatic rings. The number of nitrogens with zero attached hydrogens (tertiary/aromatic N) is 1. The van der Waals surface area contributed by atoms with Crippen molar-refractivity contribution in [1.82, 2.24) is 0 Å². The SMILES string of the molecule is CC(C)(C)C(=O)Oc1ccc2c(c1)C=C[C@@H](/C=C/c1ccccc1)N2C(=O)Oc1ccccc1. The lowest BCUT2D eigenvalue weighted by atomic mass is 9.97. The van der Waals surface area contributed by atoms with E-state index < -0.39 is 11.5 Å². The van der Waals surface area contributed by atoms with Crippen molar-refractivity contribution in [2.75, 3.05) is 4.90 Å². The van der Waals surface area contributed by atoms with Crippen LogP contribution in [0.4, 0.5) is 10.5 Å². The van der Waals surface area contributed by atoms with Crippen LogP contribution >= 0.6 is 0 Å². The Morgan fingerprint density at radius 3 is 2.21 bits per heavy atom. The first-order chi connectivity index (χ1) is 16.3. The molecule has 0 unspecified atom stereocenters. The van der Waals surface area contributed by atoms with E-state index in [1.54, 1.807) is 56.0 Å². The highest BCUT2D eigenvalue weighted by Gasteiger charge is 2.29. The Morgan fingerprint density at radius 2 is 1.53 bits per heavy atom. The number of fused-ring (bicyclic) bond motifs is 1. The van der Waals surface area contributed by atoms with Gasteiger partial charge >= 0.3 is 12.1 Å². The minimum atomic E-state index is -0.620. The van der Waals surface area contributed by atoms with Crippen molar-refractivity contribution in [2.24, 2.45) is 5.41 Å². The summed E-state index contributed by atoms with van der Waals surface area (Å²) in [6.45, 7) is 5.41. The fourth-order valence-corrected chi connectivity index (χ4v) is 3.44. The highest BCUT2D eigenvalue weighted by atomic mass is 16.6. The number of benzene rings is 3. The molecule has 1 amide bonds. The van der Waals surface area contributed by atoms with E-state index in [2.05, 4.69) is 0 Å². The number of ether oxygens (including phenoxy) is 2. The van der Waals surface area contributed by atoms with Gasteiger partial charge in [0.05, 0.1) is 17.1 Å². The van der Waals surface area contributed by atoms with Crippen LogP contribution in [0.3, 0.4) is 0 Å². The summed E-state index contributed by atoms with van der Waals surface area (Å²) in [5.41, 5.74) is 1.84. The van der Waals surface area contributed by atoms with Crippen LogP contribution in [-0.4, -0.2) is 18.1 Å². The molecule has 5 nitrogen and oxygen atoms in total. The summed E-state index contributed by atoms with van der Waals surface area (Å²) in [6, 6.07) is 23.7. The number of para-hydroxylation sites is 1. The predicted molar refractivity (Wildman–Crippen MR) is 135 cm³/mol. The Balaban J connectivity index is 1.66. The molecule has 1 aliphatic heterocycles. The first-order valence-corrected chi connectivity index (χ1v) is 11.2. The highest BCUT2D eigenvalue weighted by molar-refractivity contribution is 5.95. The summed E-state index contributed by atoms with van der Waals surface area (Å²) in [7, 11) is 0. The molecule has 1 heterocycles. The van der Waals surface area contributed by atoms with Gasteiger partial charge in [-0.15, -0.1) is 0 Å². The van der Waals surface area contributed by atoms with Crippen molar-refractivity contribution in [1.29, 1.82) is 0 Å². The Labute approximate surface area is 199 Å². The molecule has 34 heavy (non-hydrogen) atoms. The second-order valence-electron chi connectivity index (χ2n) is 9.03. The van der Waals surface area contributed by atoms with E-state index in [1.807, 2.05) is 72.8 Å². The van der Waals surface area contributed by atoms with Crippen LogP contribution < -0.4 is 14.4 Å². The van der Waals surface area contributed by atoms with E-state index in [1.165, 1.54) is 0 Å². The van der Waals surface area contributed by atoms with Gasteiger partial charge in [-0.05, 0) is 56.7 Å². The minimum Gasteiger partial charge on any atom is -0.426 e. The molecule has 1 atom stereocenters. The van der Waals surface area contributed by atoms with Gasteiger partial charge in [-0.2, -0.15) is 0 Å². The van der Waals surface area contributed by atoms with Crippen molar-refractivity contribution in [3.63, 3.8) is 0 Å². The maximum Gasteiger partial charge on any atom is 0.420 e. The van der Waals surface area contributed by atoms with Gasteiger partial charge in [0, 0.05) is 5.56 Å². The van der Waals surface area contributed by atoms with E-state index >= 15 is 0 Å². The number of carbonyl (C=O) groups is 2. The first kappa shape index (κ1) is 23.1. The number of carbonyl (C=O) groups excluding carboxylic acids is 2. The van der Waals surface area contributed by atoms with Crippen LogP contribution in [0.25, 0.3) is 12.2 Å². The van der Waals surface area contributed by atoms with E-state index in [0.29, 0.717) is 17.2 Å². The maximum atomic E-state index is 13.3. The molecule has 0 N–H and O–H groups in total. The molecular weight excluding hydrogens is 426 g/mol. The van der Waals surface area contributed by atoms with Gasteiger partial charge in [0.1, 0.15) is 11.5 Å². The molecule has 0 spiro atoms. The Kier molecular flexibility index (Phi) is 6.64. The van der Waals surface area contributed by atoms with E-state index in [-0.39, 0.29) is 12.0 Å². The second-order valence-corrected chi connectivity index (χ2v) is 9.03. The standard InChI is InChI=1S/C29H27NO4/c1-29(2,3)27(31)33-25-18-19-26-22(20-25)15-17-23(16-14-21-10-6-4-7-11-21)30(26)28(32)34-24-12-8-5-9-13-24/h4-20,23H,1-3H3/b16-14+/t23-/m1/s1. The van der Waals surface area contributed by atoms with E-state index in [0.717, 1.165) is 11.1 Å². The average Bonchev–Trinajstić information content (AvgIpc) is 2.83. The van der Waals surface area contributed by atoms with Gasteiger partial charge in [0.25, 0.3) is 0 Å². The molecule has 0 saturated carbocycles. The third-order valence-corrected chi connectivity index (χ3v) is 5.28. The number of anilines is 1. The normalized spacial score (nSPS) is 15.1. The van der Waals surface area contributed by atoms with Gasteiger partial charge in [-0.1, -0.05) is 72.8 Å². The smallest absolute Gasteiger partial charge is 0.420 e.